The van der Waals surface area contributed by atoms with Crippen molar-refractivity contribution in [2.75, 3.05) is 25.4 Å². The summed E-state index contributed by atoms with van der Waals surface area (Å²) in [6, 6.07) is 3.43. The third-order valence-corrected chi connectivity index (χ3v) is 4.98. The predicted molar refractivity (Wildman–Crippen MR) is 91.4 cm³/mol. The number of amides is 3. The van der Waals surface area contributed by atoms with Crippen molar-refractivity contribution in [2.24, 2.45) is 0 Å². The van der Waals surface area contributed by atoms with Crippen LogP contribution in [0.1, 0.15) is 22.5 Å². The predicted octanol–water partition coefficient (Wildman–Crippen LogP) is 1.07. The van der Waals surface area contributed by atoms with Gasteiger partial charge in [0.25, 0.3) is 11.1 Å². The molecule has 1 aromatic heterocycles. The summed E-state index contributed by atoms with van der Waals surface area (Å²) < 4.78 is 4.78. The van der Waals surface area contributed by atoms with Gasteiger partial charge in [0, 0.05) is 19.5 Å². The molecule has 1 aliphatic rings. The average Bonchev–Trinajstić information content (AvgIpc) is 3.23. The Kier molecular flexibility index (Phi) is 7.14. The molecule has 0 atom stereocenters. The van der Waals surface area contributed by atoms with Crippen molar-refractivity contribution < 1.29 is 28.7 Å². The van der Waals surface area contributed by atoms with Gasteiger partial charge in [0.05, 0.1) is 17.1 Å². The van der Waals surface area contributed by atoms with Crippen molar-refractivity contribution in [3.63, 3.8) is 0 Å². The van der Waals surface area contributed by atoms with Gasteiger partial charge in [-0.1, -0.05) is 17.8 Å². The molecule has 0 bridgehead atoms. The Bertz CT molecular complexity index is 658. The number of imide groups is 1. The van der Waals surface area contributed by atoms with E-state index in [1.807, 2.05) is 0 Å². The van der Waals surface area contributed by atoms with Crippen molar-refractivity contribution in [1.29, 1.82) is 0 Å². The van der Waals surface area contributed by atoms with Crippen LogP contribution in [0, 0.1) is 0 Å². The van der Waals surface area contributed by atoms with Crippen LogP contribution in [0.25, 0.3) is 0 Å². The highest BCUT2D eigenvalue weighted by molar-refractivity contribution is 8.14. The van der Waals surface area contributed by atoms with Gasteiger partial charge in [-0.2, -0.15) is 0 Å². The Hall–Kier alpha value is -2.20. The highest BCUT2D eigenvalue weighted by Crippen LogP contribution is 2.17. The molecular formula is C15H16N2O6S2. The summed E-state index contributed by atoms with van der Waals surface area (Å²) in [5.74, 6) is -1.49. The van der Waals surface area contributed by atoms with Crippen LogP contribution in [0.15, 0.2) is 17.5 Å². The number of thioether (sulfide) groups is 1. The Balaban J connectivity index is 1.58. The molecular weight excluding hydrogens is 368 g/mol. The fourth-order valence-corrected chi connectivity index (χ4v) is 3.40. The molecule has 3 amide bonds. The van der Waals surface area contributed by atoms with Crippen LogP contribution in [0.4, 0.5) is 4.79 Å². The van der Waals surface area contributed by atoms with Gasteiger partial charge in [0.15, 0.2) is 12.4 Å². The van der Waals surface area contributed by atoms with Crippen LogP contribution < -0.4 is 5.32 Å². The summed E-state index contributed by atoms with van der Waals surface area (Å²) in [4.78, 5) is 59.2. The molecule has 0 saturated carbocycles. The number of hydrogen-bond donors (Lipinski definition) is 1. The SMILES string of the molecule is O=C(COC(=O)CCC(=O)c1cccs1)NCCN1C(=O)CSC1=O. The number of hydrogen-bond acceptors (Lipinski definition) is 8. The maximum Gasteiger partial charge on any atom is 0.306 e. The summed E-state index contributed by atoms with van der Waals surface area (Å²) in [6.07, 6.45) is -0.0736. The van der Waals surface area contributed by atoms with Crippen LogP contribution in [-0.4, -0.2) is 59.2 Å². The molecule has 0 unspecified atom stereocenters. The highest BCUT2D eigenvalue weighted by Gasteiger charge is 2.29. The van der Waals surface area contributed by atoms with Gasteiger partial charge >= 0.3 is 5.97 Å². The quantitative estimate of drug-likeness (QED) is 0.501. The monoisotopic (exact) mass is 384 g/mol. The second-order valence-electron chi connectivity index (χ2n) is 5.01. The van der Waals surface area contributed by atoms with Crippen LogP contribution in [0.2, 0.25) is 0 Å². The molecule has 0 aromatic carbocycles. The van der Waals surface area contributed by atoms with Gasteiger partial charge in [-0.05, 0) is 11.4 Å². The van der Waals surface area contributed by atoms with E-state index in [1.165, 1.54) is 11.3 Å². The first-order valence-electron chi connectivity index (χ1n) is 7.43. The number of carbonyl (C=O) groups excluding carboxylic acids is 5. The molecule has 134 valence electrons. The minimum Gasteiger partial charge on any atom is -0.456 e. The zero-order valence-corrected chi connectivity index (χ0v) is 14.8. The van der Waals surface area contributed by atoms with Gasteiger partial charge < -0.3 is 10.1 Å². The van der Waals surface area contributed by atoms with Crippen molar-refractivity contribution in [3.8, 4) is 0 Å². The molecule has 1 N–H and O–H groups in total. The first-order valence-corrected chi connectivity index (χ1v) is 9.30. The zero-order valence-electron chi connectivity index (χ0n) is 13.2. The van der Waals surface area contributed by atoms with Crippen molar-refractivity contribution >= 4 is 51.9 Å². The normalized spacial score (nSPS) is 13.8. The minimum atomic E-state index is -0.638. The lowest BCUT2D eigenvalue weighted by Crippen LogP contribution is -2.38. The first-order chi connectivity index (χ1) is 12.0. The summed E-state index contributed by atoms with van der Waals surface area (Å²) in [6.45, 7) is -0.298. The van der Waals surface area contributed by atoms with Crippen LogP contribution in [-0.2, 0) is 19.1 Å². The molecule has 2 rings (SSSR count). The molecule has 0 spiro atoms. The van der Waals surface area contributed by atoms with Gasteiger partial charge in [-0.25, -0.2) is 0 Å². The number of rotatable bonds is 9. The van der Waals surface area contributed by atoms with Crippen molar-refractivity contribution in [3.05, 3.63) is 22.4 Å². The lowest BCUT2D eigenvalue weighted by atomic mass is 10.2. The van der Waals surface area contributed by atoms with E-state index in [0.717, 1.165) is 16.7 Å². The van der Waals surface area contributed by atoms with E-state index in [0.29, 0.717) is 4.88 Å². The molecule has 0 aliphatic carbocycles. The number of Topliss-reactive ketones (excluding diaryl/α,β-unsaturated/α-hetero) is 1. The van der Waals surface area contributed by atoms with Gasteiger partial charge in [-0.3, -0.25) is 28.9 Å². The molecule has 2 heterocycles. The standard InChI is InChI=1S/C15H16N2O6S2/c18-10(11-2-1-7-24-11)3-4-14(21)23-8-12(19)16-5-6-17-13(20)9-25-15(17)22/h1-2,7H,3-6,8-9H2,(H,16,19). The first kappa shape index (κ1) is 19.1. The second-order valence-corrected chi connectivity index (χ2v) is 6.89. The maximum atomic E-state index is 11.7. The summed E-state index contributed by atoms with van der Waals surface area (Å²) in [5, 5.41) is 3.90. The van der Waals surface area contributed by atoms with E-state index < -0.39 is 18.5 Å². The van der Waals surface area contributed by atoms with E-state index in [1.54, 1.807) is 17.5 Å². The molecule has 1 saturated heterocycles. The number of ketones is 1. The highest BCUT2D eigenvalue weighted by atomic mass is 32.2. The third kappa shape index (κ3) is 5.98. The number of nitrogens with zero attached hydrogens (tertiary/aromatic N) is 1. The third-order valence-electron chi connectivity index (χ3n) is 3.21. The summed E-state index contributed by atoms with van der Waals surface area (Å²) >= 11 is 2.22. The Morgan fingerprint density at radius 3 is 2.68 bits per heavy atom. The number of carbonyl (C=O) groups is 5. The van der Waals surface area contributed by atoms with Crippen molar-refractivity contribution in [2.45, 2.75) is 12.8 Å². The summed E-state index contributed by atoms with van der Waals surface area (Å²) in [5.41, 5.74) is 0. The second kappa shape index (κ2) is 9.33. The Labute approximate surface area is 151 Å². The van der Waals surface area contributed by atoms with Gasteiger partial charge in [0.1, 0.15) is 0 Å². The fraction of sp³-hybridized carbons (Fsp3) is 0.400. The molecule has 1 fully saturated rings. The number of thiophene rings is 1. The molecule has 1 aromatic rings. The van der Waals surface area contributed by atoms with Gasteiger partial charge in [-0.15, -0.1) is 11.3 Å². The zero-order chi connectivity index (χ0) is 18.2. The fourth-order valence-electron chi connectivity index (χ4n) is 1.95. The molecule has 10 heteroatoms. The smallest absolute Gasteiger partial charge is 0.306 e. The molecule has 1 aliphatic heterocycles. The largest absolute Gasteiger partial charge is 0.456 e. The maximum absolute atomic E-state index is 11.7. The average molecular weight is 384 g/mol. The topological polar surface area (TPSA) is 110 Å². The van der Waals surface area contributed by atoms with E-state index in [-0.39, 0.29) is 48.6 Å². The molecule has 0 radical (unpaired) electrons. The van der Waals surface area contributed by atoms with Crippen molar-refractivity contribution in [1.82, 2.24) is 10.2 Å². The minimum absolute atomic E-state index is 0.0256. The van der Waals surface area contributed by atoms with E-state index >= 15 is 0 Å². The lowest BCUT2D eigenvalue weighted by Gasteiger charge is -2.13. The van der Waals surface area contributed by atoms with Crippen LogP contribution in [0.5, 0.6) is 0 Å². The number of nitrogens with one attached hydrogen (secondary N) is 1. The Morgan fingerprint density at radius 2 is 2.04 bits per heavy atom. The summed E-state index contributed by atoms with van der Waals surface area (Å²) in [7, 11) is 0. The lowest BCUT2D eigenvalue weighted by molar-refractivity contribution is -0.148. The number of ether oxygens (including phenoxy) is 1. The van der Waals surface area contributed by atoms with Gasteiger partial charge in [0.2, 0.25) is 5.91 Å². The van der Waals surface area contributed by atoms with Crippen LogP contribution >= 0.6 is 23.1 Å². The van der Waals surface area contributed by atoms with E-state index in [4.69, 9.17) is 4.74 Å². The number of esters is 1. The van der Waals surface area contributed by atoms with E-state index in [2.05, 4.69) is 5.32 Å². The van der Waals surface area contributed by atoms with E-state index in [9.17, 15) is 24.0 Å². The molecule has 8 nitrogen and oxygen atoms in total. The van der Waals surface area contributed by atoms with Crippen LogP contribution in [0.3, 0.4) is 0 Å². The molecule has 25 heavy (non-hydrogen) atoms. The Morgan fingerprint density at radius 1 is 1.24 bits per heavy atom.